The van der Waals surface area contributed by atoms with Crippen molar-refractivity contribution in [1.82, 2.24) is 39.0 Å². The fourth-order valence-corrected chi connectivity index (χ4v) is 6.56. The highest BCUT2D eigenvalue weighted by molar-refractivity contribution is 6.35. The maximum Gasteiger partial charge on any atom is 0.743 e. The molecule has 0 N–H and O–H groups in total. The molecule has 8 rings (SSSR count). The SMILES string of the molecule is c1ccc(-n2c(-c3ccccc3[O][Al][O][Al][O]c3ccccc3-c3nc4nccnc4n3-c3ccccc3)nc3nccnc32)cc1. The summed E-state index contributed by atoms with van der Waals surface area (Å²) in [5.74, 6) is 2.64. The minimum Gasteiger partial charge on any atom is -0.627 e. The number of imidazole rings is 2. The fourth-order valence-electron chi connectivity index (χ4n) is 5.32. The molecule has 47 heavy (non-hydrogen) atoms. The average molecular weight is 645 g/mol. The second-order valence-corrected chi connectivity index (χ2v) is 12.1. The predicted molar refractivity (Wildman–Crippen MR) is 178 cm³/mol. The molecule has 222 valence electrons. The molecule has 0 bridgehead atoms. The Hall–Kier alpha value is -5.40. The summed E-state index contributed by atoms with van der Waals surface area (Å²) in [6, 6.07) is 35.4. The lowest BCUT2D eigenvalue weighted by Crippen LogP contribution is -2.16. The van der Waals surface area contributed by atoms with Crippen molar-refractivity contribution >= 4 is 54.4 Å². The Labute approximate surface area is 282 Å². The van der Waals surface area contributed by atoms with E-state index in [4.69, 9.17) is 20.4 Å². The maximum atomic E-state index is 6.22. The summed E-state index contributed by atoms with van der Waals surface area (Å²) in [6.45, 7) is 0. The van der Waals surface area contributed by atoms with Gasteiger partial charge in [-0.15, -0.1) is 0 Å². The van der Waals surface area contributed by atoms with Crippen LogP contribution in [0.25, 0.3) is 56.7 Å². The highest BCUT2D eigenvalue weighted by Crippen LogP contribution is 2.34. The molecule has 0 unspecified atom stereocenters. The molecule has 4 heterocycles. The van der Waals surface area contributed by atoms with Gasteiger partial charge in [-0.1, -0.05) is 60.7 Å². The van der Waals surface area contributed by atoms with Crippen LogP contribution in [0.2, 0.25) is 0 Å². The van der Waals surface area contributed by atoms with Crippen LogP contribution in [-0.2, 0) is 2.84 Å². The van der Waals surface area contributed by atoms with Crippen molar-refractivity contribution in [2.24, 2.45) is 0 Å². The lowest BCUT2D eigenvalue weighted by atomic mass is 10.2. The Kier molecular flexibility index (Phi) is 8.12. The maximum absolute atomic E-state index is 6.22. The first kappa shape index (κ1) is 29.0. The average Bonchev–Trinajstić information content (AvgIpc) is 3.72. The smallest absolute Gasteiger partial charge is 0.627 e. The number of benzene rings is 4. The Morgan fingerprint density at radius 2 is 0.851 bits per heavy atom. The molecule has 13 heteroatoms. The number of para-hydroxylation sites is 4. The van der Waals surface area contributed by atoms with Gasteiger partial charge in [-0.2, -0.15) is 0 Å². The van der Waals surface area contributed by atoms with E-state index >= 15 is 0 Å². The van der Waals surface area contributed by atoms with Crippen molar-refractivity contribution in [2.45, 2.75) is 0 Å². The standard InChI is InChI=1S/2C17H12N4O.2Al.O/c2*22-14-9-5-4-8-13(14)16-20-15-17(19-11-10-18-15)21(16)12-6-2-1-3-7-12;;;/h2*1-11,22H;;;/q;;2*+1;/p-2. The van der Waals surface area contributed by atoms with Gasteiger partial charge in [-0.25, -0.2) is 29.9 Å². The van der Waals surface area contributed by atoms with Gasteiger partial charge in [-0.3, -0.25) is 9.13 Å². The normalized spacial score (nSPS) is 11.1. The van der Waals surface area contributed by atoms with Gasteiger partial charge in [0.25, 0.3) is 0 Å². The quantitative estimate of drug-likeness (QED) is 0.134. The second-order valence-electron chi connectivity index (χ2n) is 10.2. The largest absolute Gasteiger partial charge is 0.743 e. The molecule has 0 saturated carbocycles. The van der Waals surface area contributed by atoms with E-state index in [2.05, 4.69) is 19.9 Å². The van der Waals surface area contributed by atoms with Crippen LogP contribution < -0.4 is 7.58 Å². The van der Waals surface area contributed by atoms with Gasteiger partial charge in [0, 0.05) is 36.2 Å². The summed E-state index contributed by atoms with van der Waals surface area (Å²) in [4.78, 5) is 27.7. The van der Waals surface area contributed by atoms with Crippen molar-refractivity contribution in [3.63, 3.8) is 0 Å². The van der Waals surface area contributed by atoms with Crippen molar-refractivity contribution in [1.29, 1.82) is 0 Å². The van der Waals surface area contributed by atoms with Crippen LogP contribution in [0.1, 0.15) is 0 Å². The first-order valence-corrected chi connectivity index (χ1v) is 16.5. The van der Waals surface area contributed by atoms with Crippen molar-refractivity contribution in [2.75, 3.05) is 0 Å². The minimum absolute atomic E-state index is 0.550. The number of hydrogen-bond donors (Lipinski definition) is 0. The van der Waals surface area contributed by atoms with Crippen molar-refractivity contribution in [3.05, 3.63) is 134 Å². The van der Waals surface area contributed by atoms with Gasteiger partial charge in [0.1, 0.15) is 0 Å². The van der Waals surface area contributed by atoms with E-state index in [0.717, 1.165) is 22.5 Å². The van der Waals surface area contributed by atoms with Gasteiger partial charge >= 0.3 is 31.8 Å². The van der Waals surface area contributed by atoms with Gasteiger partial charge < -0.3 is 10.4 Å². The molecule has 0 aliphatic carbocycles. The van der Waals surface area contributed by atoms with Crippen LogP contribution in [-0.4, -0.2) is 70.8 Å². The molecule has 11 nitrogen and oxygen atoms in total. The van der Waals surface area contributed by atoms with Crippen LogP contribution in [0.15, 0.2) is 134 Å². The van der Waals surface area contributed by atoms with Crippen LogP contribution in [0, 0.1) is 0 Å². The molecular formula is C34H22Al2N8O3. The molecular weight excluding hydrogens is 622 g/mol. The number of hydrogen-bond acceptors (Lipinski definition) is 9. The van der Waals surface area contributed by atoms with Gasteiger partial charge in [0.15, 0.2) is 34.2 Å². The van der Waals surface area contributed by atoms with E-state index in [1.807, 2.05) is 118 Å². The number of rotatable bonds is 10. The summed E-state index contributed by atoms with van der Waals surface area (Å²) in [5, 5.41) is 0. The van der Waals surface area contributed by atoms with E-state index in [1.54, 1.807) is 24.8 Å². The molecule has 0 atom stereocenters. The molecule has 0 aliphatic rings. The van der Waals surface area contributed by atoms with E-state index in [0.29, 0.717) is 45.7 Å². The summed E-state index contributed by atoms with van der Waals surface area (Å²) in [6.07, 6.45) is 6.61. The monoisotopic (exact) mass is 644 g/mol. The zero-order chi connectivity index (χ0) is 31.4. The van der Waals surface area contributed by atoms with Crippen LogP contribution >= 0.6 is 0 Å². The van der Waals surface area contributed by atoms with Gasteiger partial charge in [-0.05, 0) is 48.5 Å². The Morgan fingerprint density at radius 3 is 1.32 bits per heavy atom. The van der Waals surface area contributed by atoms with Crippen LogP contribution in [0.3, 0.4) is 0 Å². The first-order valence-electron chi connectivity index (χ1n) is 14.7. The molecule has 0 amide bonds. The van der Waals surface area contributed by atoms with E-state index in [9.17, 15) is 0 Å². The molecule has 0 fully saturated rings. The number of aromatic nitrogens is 8. The zero-order valence-electron chi connectivity index (χ0n) is 24.7. The van der Waals surface area contributed by atoms with E-state index in [-0.39, 0.29) is 0 Å². The lowest BCUT2D eigenvalue weighted by molar-refractivity contribution is 0.418. The topological polar surface area (TPSA) is 115 Å². The molecule has 4 aromatic heterocycles. The number of fused-ring (bicyclic) bond motifs is 2. The summed E-state index contributed by atoms with van der Waals surface area (Å²) in [7, 11) is 0. The third-order valence-corrected chi connectivity index (χ3v) is 8.93. The molecule has 8 aromatic rings. The zero-order valence-corrected chi connectivity index (χ0v) is 27.0. The Morgan fingerprint density at radius 1 is 0.447 bits per heavy atom. The molecule has 0 spiro atoms. The van der Waals surface area contributed by atoms with Gasteiger partial charge in [0.2, 0.25) is 0 Å². The predicted octanol–water partition coefficient (Wildman–Crippen LogP) is 5.82. The summed E-state index contributed by atoms with van der Waals surface area (Å²) >= 11 is -1.79. The third-order valence-electron chi connectivity index (χ3n) is 7.34. The minimum atomic E-state index is -0.893. The first-order chi connectivity index (χ1) is 23.3. The Bertz CT molecular complexity index is 2150. The van der Waals surface area contributed by atoms with Crippen LogP contribution in [0.4, 0.5) is 0 Å². The Balaban J connectivity index is 1.02. The molecule has 4 aromatic carbocycles. The summed E-state index contributed by atoms with van der Waals surface area (Å²) < 4.78 is 22.4. The highest BCUT2D eigenvalue weighted by Gasteiger charge is 2.21. The van der Waals surface area contributed by atoms with Crippen molar-refractivity contribution in [3.8, 4) is 45.6 Å². The van der Waals surface area contributed by atoms with E-state index < -0.39 is 31.8 Å². The summed E-state index contributed by atoms with van der Waals surface area (Å²) in [5.41, 5.74) is 5.88. The lowest BCUT2D eigenvalue weighted by Gasteiger charge is -2.15. The highest BCUT2D eigenvalue weighted by atomic mass is 27.3. The molecule has 0 saturated heterocycles. The van der Waals surface area contributed by atoms with Crippen LogP contribution in [0.5, 0.6) is 11.5 Å². The van der Waals surface area contributed by atoms with Crippen molar-refractivity contribution < 1.29 is 10.4 Å². The third kappa shape index (κ3) is 5.75. The second kappa shape index (κ2) is 13.1. The van der Waals surface area contributed by atoms with E-state index in [1.165, 1.54) is 0 Å². The molecule has 0 aliphatic heterocycles. The number of nitrogens with zero attached hydrogens (tertiary/aromatic N) is 8. The molecule has 2 radical (unpaired) electrons. The van der Waals surface area contributed by atoms with Gasteiger partial charge in [0.05, 0.1) is 22.6 Å². The fraction of sp³-hybridized carbons (Fsp3) is 0.